The average molecular weight is 238 g/mol. The van der Waals surface area contributed by atoms with E-state index in [1.807, 2.05) is 0 Å². The fraction of sp³-hybridized carbons (Fsp3) is 0.786. The summed E-state index contributed by atoms with van der Waals surface area (Å²) in [5, 5.41) is 0. The zero-order valence-electron chi connectivity index (χ0n) is 10.6. The van der Waals surface area contributed by atoms with Gasteiger partial charge in [0.1, 0.15) is 0 Å². The van der Waals surface area contributed by atoms with Gasteiger partial charge in [0.2, 0.25) is 0 Å². The molecule has 1 aliphatic heterocycles. The molecule has 17 heavy (non-hydrogen) atoms. The number of carbonyl (C=O) groups excluding carboxylic acids is 1. The summed E-state index contributed by atoms with van der Waals surface area (Å²) in [6, 6.07) is 0. The number of esters is 1. The highest BCUT2D eigenvalue weighted by atomic mass is 16.6. The van der Waals surface area contributed by atoms with E-state index < -0.39 is 0 Å². The van der Waals surface area contributed by atoms with Gasteiger partial charge in [0.05, 0.1) is 19.3 Å². The Balaban J connectivity index is 1.61. The lowest BCUT2D eigenvalue weighted by molar-refractivity contribution is -0.140. The zero-order chi connectivity index (χ0) is 12.3. The molecule has 2 rings (SSSR count). The Hall–Kier alpha value is -0.830. The van der Waals surface area contributed by atoms with E-state index >= 15 is 0 Å². The molecule has 0 N–H and O–H groups in total. The smallest absolute Gasteiger partial charge is 0.333 e. The Kier molecular flexibility index (Phi) is 4.21. The van der Waals surface area contributed by atoms with Crippen LogP contribution in [0.25, 0.3) is 0 Å². The van der Waals surface area contributed by atoms with Gasteiger partial charge in [-0.3, -0.25) is 0 Å². The molecule has 0 radical (unpaired) electrons. The van der Waals surface area contributed by atoms with Crippen molar-refractivity contribution in [3.05, 3.63) is 12.2 Å². The molecule has 0 aromatic rings. The lowest BCUT2D eigenvalue weighted by Crippen LogP contribution is -2.21. The highest BCUT2D eigenvalue weighted by Crippen LogP contribution is 2.34. The summed E-state index contributed by atoms with van der Waals surface area (Å²) in [6.45, 7) is 6.81. The first kappa shape index (κ1) is 12.6. The first-order valence-corrected chi connectivity index (χ1v) is 6.59. The third-order valence-corrected chi connectivity index (χ3v) is 3.76. The molecule has 2 fully saturated rings. The van der Waals surface area contributed by atoms with Crippen molar-refractivity contribution >= 4 is 5.97 Å². The molecule has 0 amide bonds. The minimum Gasteiger partial charge on any atom is -0.462 e. The molecular weight excluding hydrogens is 216 g/mol. The number of carbonyl (C=O) groups is 1. The summed E-state index contributed by atoms with van der Waals surface area (Å²) in [7, 11) is 0. The van der Waals surface area contributed by atoms with E-state index in [0.717, 1.165) is 12.5 Å². The number of epoxide rings is 1. The van der Waals surface area contributed by atoms with Crippen molar-refractivity contribution in [2.24, 2.45) is 11.8 Å². The van der Waals surface area contributed by atoms with Crippen LogP contribution in [0, 0.1) is 11.8 Å². The third-order valence-electron chi connectivity index (χ3n) is 3.76. The molecule has 1 unspecified atom stereocenters. The molecule has 96 valence electrons. The summed E-state index contributed by atoms with van der Waals surface area (Å²) in [6.07, 6.45) is 6.67. The van der Waals surface area contributed by atoms with E-state index in [1.54, 1.807) is 6.92 Å². The minimum atomic E-state index is -0.251. The van der Waals surface area contributed by atoms with Gasteiger partial charge >= 0.3 is 5.97 Å². The third kappa shape index (κ3) is 4.15. The van der Waals surface area contributed by atoms with Crippen LogP contribution >= 0.6 is 0 Å². The lowest BCUT2D eigenvalue weighted by Gasteiger charge is -2.27. The Labute approximate surface area is 103 Å². The van der Waals surface area contributed by atoms with Crippen LogP contribution in [0.4, 0.5) is 0 Å². The Bertz CT molecular complexity index is 286. The van der Waals surface area contributed by atoms with E-state index in [9.17, 15) is 4.79 Å². The minimum absolute atomic E-state index is 0.251. The second-order valence-electron chi connectivity index (χ2n) is 5.46. The molecule has 1 saturated heterocycles. The second kappa shape index (κ2) is 5.67. The molecule has 0 aromatic carbocycles. The summed E-state index contributed by atoms with van der Waals surface area (Å²) >= 11 is 0. The van der Waals surface area contributed by atoms with Crippen LogP contribution < -0.4 is 0 Å². The maximum Gasteiger partial charge on any atom is 0.333 e. The fourth-order valence-electron chi connectivity index (χ4n) is 2.53. The van der Waals surface area contributed by atoms with Crippen molar-refractivity contribution in [2.75, 3.05) is 13.2 Å². The number of hydrogen-bond acceptors (Lipinski definition) is 3. The van der Waals surface area contributed by atoms with Gasteiger partial charge in [-0.05, 0) is 50.9 Å². The van der Waals surface area contributed by atoms with Crippen LogP contribution in [0.1, 0.15) is 39.0 Å². The van der Waals surface area contributed by atoms with Gasteiger partial charge in [-0.15, -0.1) is 0 Å². The van der Waals surface area contributed by atoms with Crippen LogP contribution in [0.15, 0.2) is 12.2 Å². The van der Waals surface area contributed by atoms with E-state index in [1.165, 1.54) is 32.1 Å². The molecule has 2 aliphatic rings. The largest absolute Gasteiger partial charge is 0.462 e. The van der Waals surface area contributed by atoms with Gasteiger partial charge in [-0.25, -0.2) is 4.79 Å². The highest BCUT2D eigenvalue weighted by Gasteiger charge is 2.29. The van der Waals surface area contributed by atoms with Crippen LogP contribution in [0.5, 0.6) is 0 Å². The van der Waals surface area contributed by atoms with Crippen molar-refractivity contribution in [3.63, 3.8) is 0 Å². The Morgan fingerprint density at radius 3 is 2.41 bits per heavy atom. The predicted molar refractivity (Wildman–Crippen MR) is 65.6 cm³/mol. The summed E-state index contributed by atoms with van der Waals surface area (Å²) in [5.41, 5.74) is 0.490. The van der Waals surface area contributed by atoms with Crippen molar-refractivity contribution in [1.29, 1.82) is 0 Å². The SMILES string of the molecule is C=C(C)C(=O)OCC1CCC(CC2CO2)CC1. The maximum atomic E-state index is 11.3. The molecule has 0 spiro atoms. The van der Waals surface area contributed by atoms with E-state index in [-0.39, 0.29) is 5.97 Å². The van der Waals surface area contributed by atoms with Crippen molar-refractivity contribution in [1.82, 2.24) is 0 Å². The fourth-order valence-corrected chi connectivity index (χ4v) is 2.53. The molecular formula is C14H22O3. The monoisotopic (exact) mass is 238 g/mol. The van der Waals surface area contributed by atoms with Gasteiger partial charge in [-0.1, -0.05) is 6.58 Å². The van der Waals surface area contributed by atoms with E-state index in [2.05, 4.69) is 6.58 Å². The number of ether oxygens (including phenoxy) is 2. The number of rotatable bonds is 5. The number of hydrogen-bond donors (Lipinski definition) is 0. The molecule has 1 aliphatic carbocycles. The van der Waals surface area contributed by atoms with Gasteiger partial charge in [-0.2, -0.15) is 0 Å². The predicted octanol–water partition coefficient (Wildman–Crippen LogP) is 2.70. The van der Waals surface area contributed by atoms with Crippen LogP contribution in [-0.2, 0) is 14.3 Å². The van der Waals surface area contributed by atoms with Crippen molar-refractivity contribution in [3.8, 4) is 0 Å². The van der Waals surface area contributed by atoms with E-state index in [0.29, 0.717) is 24.2 Å². The van der Waals surface area contributed by atoms with Crippen LogP contribution in [-0.4, -0.2) is 25.3 Å². The quantitative estimate of drug-likeness (QED) is 0.420. The van der Waals surface area contributed by atoms with Gasteiger partial charge in [0.25, 0.3) is 0 Å². The normalized spacial score (nSPS) is 31.9. The summed E-state index contributed by atoms with van der Waals surface area (Å²) in [5.74, 6) is 1.13. The van der Waals surface area contributed by atoms with Crippen molar-refractivity contribution in [2.45, 2.75) is 45.1 Å². The summed E-state index contributed by atoms with van der Waals surface area (Å²) < 4.78 is 10.5. The molecule has 1 heterocycles. The van der Waals surface area contributed by atoms with Gasteiger partial charge < -0.3 is 9.47 Å². The molecule has 0 aromatic heterocycles. The van der Waals surface area contributed by atoms with Gasteiger partial charge in [0, 0.05) is 5.57 Å². The molecule has 0 bridgehead atoms. The highest BCUT2D eigenvalue weighted by molar-refractivity contribution is 5.86. The first-order chi connectivity index (χ1) is 8.15. The molecule has 1 atom stereocenters. The Morgan fingerprint density at radius 2 is 1.88 bits per heavy atom. The topological polar surface area (TPSA) is 38.8 Å². The standard InChI is InChI=1S/C14H22O3/c1-10(2)14(15)17-8-12-5-3-11(4-6-12)7-13-9-16-13/h11-13H,1,3-9H2,2H3. The van der Waals surface area contributed by atoms with E-state index in [4.69, 9.17) is 9.47 Å². The maximum absolute atomic E-state index is 11.3. The molecule has 3 nitrogen and oxygen atoms in total. The van der Waals surface area contributed by atoms with Crippen LogP contribution in [0.3, 0.4) is 0 Å². The average Bonchev–Trinajstić information content (AvgIpc) is 3.11. The van der Waals surface area contributed by atoms with Crippen LogP contribution in [0.2, 0.25) is 0 Å². The second-order valence-corrected chi connectivity index (χ2v) is 5.46. The molecule has 3 heteroatoms. The first-order valence-electron chi connectivity index (χ1n) is 6.59. The summed E-state index contributed by atoms with van der Waals surface area (Å²) in [4.78, 5) is 11.3. The van der Waals surface area contributed by atoms with Gasteiger partial charge in [0.15, 0.2) is 0 Å². The Morgan fingerprint density at radius 1 is 1.29 bits per heavy atom. The zero-order valence-corrected chi connectivity index (χ0v) is 10.6. The lowest BCUT2D eigenvalue weighted by atomic mass is 9.80. The van der Waals surface area contributed by atoms with Crippen molar-refractivity contribution < 1.29 is 14.3 Å². The molecule has 1 saturated carbocycles.